The Morgan fingerprint density at radius 1 is 1.03 bits per heavy atom. The van der Waals surface area contributed by atoms with Crippen LogP contribution in [0, 0.1) is 5.82 Å². The largest absolute Gasteiger partial charge is 0.497 e. The van der Waals surface area contributed by atoms with Crippen LogP contribution in [-0.2, 0) is 16.4 Å². The highest BCUT2D eigenvalue weighted by molar-refractivity contribution is 7.90. The van der Waals surface area contributed by atoms with Crippen LogP contribution in [0.15, 0.2) is 96.2 Å². The van der Waals surface area contributed by atoms with Crippen molar-refractivity contribution < 1.29 is 22.3 Å². The van der Waals surface area contributed by atoms with Gasteiger partial charge in [0.2, 0.25) is 0 Å². The normalized spacial score (nSPS) is 12.1. The van der Waals surface area contributed by atoms with Crippen molar-refractivity contribution in [1.29, 1.82) is 0 Å². The fourth-order valence-corrected chi connectivity index (χ4v) is 4.61. The number of amides is 2. The summed E-state index contributed by atoms with van der Waals surface area (Å²) < 4.78 is 48.1. The lowest BCUT2D eigenvalue weighted by molar-refractivity contribution is 0.241. The molecule has 4 rings (SSSR count). The lowest BCUT2D eigenvalue weighted by atomic mass is 10.1. The maximum absolute atomic E-state index is 14.0. The second-order valence-corrected chi connectivity index (χ2v) is 9.26. The standard InChI is InChI=1S/C25H23FN4O4S/c1-34-20-13-11-19(12-14-20)30-16-15-27-24(30)22(17-18-7-3-2-4-8-18)28-25(31)29-35(32,33)23-10-6-5-9-21(23)26/h2-16,22H,17H2,1H3,(H2,28,29,31)/t22-/m0/s1. The molecule has 0 saturated heterocycles. The third kappa shape index (κ3) is 5.67. The fourth-order valence-electron chi connectivity index (χ4n) is 3.62. The smallest absolute Gasteiger partial charge is 0.329 e. The van der Waals surface area contributed by atoms with E-state index in [0.717, 1.165) is 23.4 Å². The molecule has 0 saturated carbocycles. The van der Waals surface area contributed by atoms with Crippen LogP contribution in [0.3, 0.4) is 0 Å². The van der Waals surface area contributed by atoms with E-state index in [2.05, 4.69) is 10.3 Å². The Balaban J connectivity index is 1.63. The molecule has 0 radical (unpaired) electrons. The van der Waals surface area contributed by atoms with E-state index in [4.69, 9.17) is 4.74 Å². The van der Waals surface area contributed by atoms with Crippen LogP contribution >= 0.6 is 0 Å². The van der Waals surface area contributed by atoms with Crippen molar-refractivity contribution in [2.45, 2.75) is 17.4 Å². The molecule has 2 amide bonds. The number of hydrogen-bond donors (Lipinski definition) is 2. The Labute approximate surface area is 202 Å². The van der Waals surface area contributed by atoms with Crippen LogP contribution in [0.25, 0.3) is 5.69 Å². The number of hydrogen-bond acceptors (Lipinski definition) is 5. The Morgan fingerprint density at radius 3 is 2.40 bits per heavy atom. The zero-order valence-electron chi connectivity index (χ0n) is 18.8. The molecule has 1 heterocycles. The lowest BCUT2D eigenvalue weighted by Crippen LogP contribution is -2.42. The zero-order valence-corrected chi connectivity index (χ0v) is 19.6. The van der Waals surface area contributed by atoms with Gasteiger partial charge in [-0.1, -0.05) is 42.5 Å². The molecule has 0 aliphatic carbocycles. The summed E-state index contributed by atoms with van der Waals surface area (Å²) in [5.41, 5.74) is 1.68. The molecule has 4 aromatic rings. The predicted molar refractivity (Wildman–Crippen MR) is 128 cm³/mol. The van der Waals surface area contributed by atoms with Crippen LogP contribution in [0.4, 0.5) is 9.18 Å². The topological polar surface area (TPSA) is 102 Å². The summed E-state index contributed by atoms with van der Waals surface area (Å²) in [4.78, 5) is 16.6. The summed E-state index contributed by atoms with van der Waals surface area (Å²) in [6.07, 6.45) is 3.67. The second-order valence-electron chi connectivity index (χ2n) is 7.61. The number of sulfonamides is 1. The quantitative estimate of drug-likeness (QED) is 0.386. The minimum absolute atomic E-state index is 0.334. The van der Waals surface area contributed by atoms with Crippen molar-refractivity contribution in [2.75, 3.05) is 7.11 Å². The number of urea groups is 1. The first-order valence-electron chi connectivity index (χ1n) is 10.7. The van der Waals surface area contributed by atoms with Gasteiger partial charge < -0.3 is 14.6 Å². The van der Waals surface area contributed by atoms with Gasteiger partial charge in [0.25, 0.3) is 10.0 Å². The molecule has 0 bridgehead atoms. The van der Waals surface area contributed by atoms with Crippen molar-refractivity contribution >= 4 is 16.1 Å². The molecule has 10 heteroatoms. The van der Waals surface area contributed by atoms with Gasteiger partial charge in [0, 0.05) is 18.1 Å². The fraction of sp³-hybridized carbons (Fsp3) is 0.120. The van der Waals surface area contributed by atoms with E-state index in [1.807, 2.05) is 47.2 Å². The third-order valence-electron chi connectivity index (χ3n) is 5.27. The monoisotopic (exact) mass is 494 g/mol. The van der Waals surface area contributed by atoms with Gasteiger partial charge in [0.1, 0.15) is 22.3 Å². The molecule has 0 unspecified atom stereocenters. The highest BCUT2D eigenvalue weighted by Crippen LogP contribution is 2.23. The highest BCUT2D eigenvalue weighted by Gasteiger charge is 2.25. The van der Waals surface area contributed by atoms with E-state index < -0.39 is 32.8 Å². The molecule has 0 aliphatic rings. The summed E-state index contributed by atoms with van der Waals surface area (Å²) in [7, 11) is -2.85. The first kappa shape index (κ1) is 24.0. The Bertz CT molecular complexity index is 1410. The number of nitrogens with one attached hydrogen (secondary N) is 2. The molecule has 1 atom stereocenters. The predicted octanol–water partition coefficient (Wildman–Crippen LogP) is 3.99. The zero-order chi connectivity index (χ0) is 24.8. The van der Waals surface area contributed by atoms with Gasteiger partial charge in [-0.2, -0.15) is 0 Å². The molecule has 8 nitrogen and oxygen atoms in total. The highest BCUT2D eigenvalue weighted by atomic mass is 32.2. The van der Waals surface area contributed by atoms with Gasteiger partial charge in [-0.05, 0) is 48.4 Å². The number of nitrogens with zero attached hydrogens (tertiary/aromatic N) is 2. The van der Waals surface area contributed by atoms with E-state index in [-0.39, 0.29) is 0 Å². The average molecular weight is 495 g/mol. The van der Waals surface area contributed by atoms with Gasteiger partial charge in [-0.25, -0.2) is 27.3 Å². The SMILES string of the molecule is COc1ccc(-n2ccnc2[C@H](Cc2ccccc2)NC(=O)NS(=O)(=O)c2ccccc2F)cc1. The van der Waals surface area contributed by atoms with Crippen molar-refractivity contribution in [3.63, 3.8) is 0 Å². The molecule has 1 aromatic heterocycles. The summed E-state index contributed by atoms with van der Waals surface area (Å²) in [5, 5.41) is 2.69. The van der Waals surface area contributed by atoms with Crippen molar-refractivity contribution in [1.82, 2.24) is 19.6 Å². The van der Waals surface area contributed by atoms with E-state index >= 15 is 0 Å². The van der Waals surface area contributed by atoms with E-state index in [9.17, 15) is 17.6 Å². The molecular formula is C25H23FN4O4S. The molecular weight excluding hydrogens is 471 g/mol. The second kappa shape index (κ2) is 10.4. The van der Waals surface area contributed by atoms with Gasteiger partial charge >= 0.3 is 6.03 Å². The van der Waals surface area contributed by atoms with Crippen LogP contribution in [0.5, 0.6) is 5.75 Å². The van der Waals surface area contributed by atoms with Crippen molar-refractivity contribution in [3.05, 3.63) is 108 Å². The number of benzene rings is 3. The Hall–Kier alpha value is -4.18. The number of carbonyl (C=O) groups excluding carboxylic acids is 1. The van der Waals surface area contributed by atoms with Crippen LogP contribution in [0.2, 0.25) is 0 Å². The first-order valence-corrected chi connectivity index (χ1v) is 12.1. The minimum atomic E-state index is -4.43. The minimum Gasteiger partial charge on any atom is -0.497 e. The number of methoxy groups -OCH3 is 1. The molecule has 0 spiro atoms. The summed E-state index contributed by atoms with van der Waals surface area (Å²) >= 11 is 0. The number of rotatable bonds is 8. The van der Waals surface area contributed by atoms with Crippen LogP contribution in [-0.4, -0.2) is 31.1 Å². The molecule has 3 aromatic carbocycles. The molecule has 2 N–H and O–H groups in total. The van der Waals surface area contributed by atoms with Crippen molar-refractivity contribution in [2.24, 2.45) is 0 Å². The number of aromatic nitrogens is 2. The molecule has 0 fully saturated rings. The Kier molecular flexibility index (Phi) is 7.11. The number of halogens is 1. The van der Waals surface area contributed by atoms with E-state index in [0.29, 0.717) is 18.0 Å². The van der Waals surface area contributed by atoms with Crippen LogP contribution in [0.1, 0.15) is 17.4 Å². The number of imidazole rings is 1. The average Bonchev–Trinajstić information content (AvgIpc) is 3.34. The summed E-state index contributed by atoms with van der Waals surface area (Å²) in [5.74, 6) is 0.216. The molecule has 35 heavy (non-hydrogen) atoms. The van der Waals surface area contributed by atoms with E-state index in [1.165, 1.54) is 12.1 Å². The van der Waals surface area contributed by atoms with Gasteiger partial charge in [-0.15, -0.1) is 0 Å². The van der Waals surface area contributed by atoms with Crippen molar-refractivity contribution in [3.8, 4) is 11.4 Å². The Morgan fingerprint density at radius 2 is 1.71 bits per heavy atom. The maximum Gasteiger partial charge on any atom is 0.329 e. The van der Waals surface area contributed by atoms with Gasteiger partial charge in [0.15, 0.2) is 0 Å². The summed E-state index contributed by atoms with van der Waals surface area (Å²) in [6.45, 7) is 0. The van der Waals surface area contributed by atoms with E-state index in [1.54, 1.807) is 36.2 Å². The maximum atomic E-state index is 14.0. The van der Waals surface area contributed by atoms with Gasteiger partial charge in [0.05, 0.1) is 13.2 Å². The molecule has 180 valence electrons. The first-order chi connectivity index (χ1) is 16.9. The third-order valence-corrected chi connectivity index (χ3v) is 6.64. The summed E-state index contributed by atoms with van der Waals surface area (Å²) in [6, 6.07) is 19.8. The van der Waals surface area contributed by atoms with Gasteiger partial charge in [-0.3, -0.25) is 0 Å². The lowest BCUT2D eigenvalue weighted by Gasteiger charge is -2.21. The number of carbonyl (C=O) groups is 1. The van der Waals surface area contributed by atoms with Crippen LogP contribution < -0.4 is 14.8 Å². The number of ether oxygens (including phenoxy) is 1. The molecule has 0 aliphatic heterocycles.